The van der Waals surface area contributed by atoms with Crippen LogP contribution in [0.3, 0.4) is 0 Å². The van der Waals surface area contributed by atoms with Gasteiger partial charge in [0.15, 0.2) is 5.69 Å². The smallest absolute Gasteiger partial charge is 0.276 e. The van der Waals surface area contributed by atoms with Crippen molar-refractivity contribution < 1.29 is 9.59 Å². The number of nitrogen functional groups attached to an aromatic ring is 1. The van der Waals surface area contributed by atoms with Gasteiger partial charge in [-0.15, -0.1) is 0 Å². The number of hydrogen-bond donors (Lipinski definition) is 3. The highest BCUT2D eigenvalue weighted by Crippen LogP contribution is 2.22. The van der Waals surface area contributed by atoms with E-state index < -0.39 is 5.91 Å². The van der Waals surface area contributed by atoms with Gasteiger partial charge in [0.05, 0.1) is 0 Å². The maximum absolute atomic E-state index is 12.2. The second kappa shape index (κ2) is 6.40. The predicted molar refractivity (Wildman–Crippen MR) is 84.0 cm³/mol. The number of nitrogens with one attached hydrogen (secondary N) is 2. The van der Waals surface area contributed by atoms with Crippen molar-refractivity contribution in [1.82, 2.24) is 15.3 Å². The molecule has 0 aliphatic rings. The van der Waals surface area contributed by atoms with Crippen molar-refractivity contribution in [3.63, 3.8) is 0 Å². The quantitative estimate of drug-likeness (QED) is 0.796. The van der Waals surface area contributed by atoms with Crippen LogP contribution in [0.1, 0.15) is 26.4 Å². The molecule has 0 aliphatic heterocycles. The lowest BCUT2D eigenvalue weighted by atomic mass is 10.1. The van der Waals surface area contributed by atoms with E-state index in [1.165, 1.54) is 7.05 Å². The Morgan fingerprint density at radius 3 is 2.64 bits per heavy atom. The Morgan fingerprint density at radius 1 is 1.23 bits per heavy atom. The number of benzene rings is 1. The molecular weight excluding hydrogens is 306 g/mol. The van der Waals surface area contributed by atoms with Crippen molar-refractivity contribution in [2.75, 3.05) is 18.1 Å². The van der Waals surface area contributed by atoms with Gasteiger partial charge in [-0.1, -0.05) is 17.7 Å². The van der Waals surface area contributed by atoms with Gasteiger partial charge in [0.1, 0.15) is 17.2 Å². The van der Waals surface area contributed by atoms with E-state index in [0.29, 0.717) is 11.3 Å². The topological polar surface area (TPSA) is 110 Å². The largest absolute Gasteiger partial charge is 0.382 e. The molecule has 1 aromatic carbocycles. The molecule has 4 N–H and O–H groups in total. The van der Waals surface area contributed by atoms with Crippen molar-refractivity contribution in [2.24, 2.45) is 0 Å². The lowest BCUT2D eigenvalue weighted by Crippen LogP contribution is -2.19. The summed E-state index contributed by atoms with van der Waals surface area (Å²) < 4.78 is 0. The number of aryl methyl sites for hydroxylation is 1. The van der Waals surface area contributed by atoms with E-state index in [1.807, 2.05) is 0 Å². The summed E-state index contributed by atoms with van der Waals surface area (Å²) in [6.07, 6.45) is 1.16. The summed E-state index contributed by atoms with van der Waals surface area (Å²) in [5.41, 5.74) is 7.22. The number of rotatable bonds is 3. The molecule has 8 heteroatoms. The van der Waals surface area contributed by atoms with Gasteiger partial charge >= 0.3 is 0 Å². The van der Waals surface area contributed by atoms with Crippen molar-refractivity contribution in [3.05, 3.63) is 46.4 Å². The molecule has 1 aromatic heterocycles. The minimum atomic E-state index is -0.531. The van der Waals surface area contributed by atoms with E-state index in [0.717, 1.165) is 11.9 Å². The number of anilines is 2. The molecule has 0 fully saturated rings. The number of aromatic nitrogens is 2. The molecule has 2 amide bonds. The minimum Gasteiger partial charge on any atom is -0.382 e. The standard InChI is InChI=1S/C14H14ClN5O2/c1-7-3-4-8(13(21)17-2)5-9(7)20-14(22)11-10(15)12(16)19-6-18-11/h3-6H,1-2H3,(H,17,21)(H,20,22)(H2,16,18,19). The Kier molecular flexibility index (Phi) is 4.57. The number of nitrogens with two attached hydrogens (primary N) is 1. The van der Waals surface area contributed by atoms with Gasteiger partial charge in [-0.05, 0) is 24.6 Å². The van der Waals surface area contributed by atoms with E-state index in [1.54, 1.807) is 25.1 Å². The van der Waals surface area contributed by atoms with Crippen molar-refractivity contribution >= 4 is 34.9 Å². The predicted octanol–water partition coefficient (Wildman–Crippen LogP) is 1.63. The molecule has 7 nitrogen and oxygen atoms in total. The average molecular weight is 320 g/mol. The Morgan fingerprint density at radius 2 is 1.95 bits per heavy atom. The summed E-state index contributed by atoms with van der Waals surface area (Å²) in [6, 6.07) is 4.97. The summed E-state index contributed by atoms with van der Waals surface area (Å²) >= 11 is 5.92. The third-order valence-electron chi connectivity index (χ3n) is 3.01. The Balaban J connectivity index is 2.32. The van der Waals surface area contributed by atoms with Gasteiger partial charge in [-0.25, -0.2) is 9.97 Å². The highest BCUT2D eigenvalue weighted by atomic mass is 35.5. The third-order valence-corrected chi connectivity index (χ3v) is 3.38. The first-order chi connectivity index (χ1) is 10.4. The van der Waals surface area contributed by atoms with Gasteiger partial charge in [0.2, 0.25) is 0 Å². The van der Waals surface area contributed by atoms with Gasteiger partial charge < -0.3 is 16.4 Å². The number of hydrogen-bond acceptors (Lipinski definition) is 5. The first-order valence-electron chi connectivity index (χ1n) is 6.34. The van der Waals surface area contributed by atoms with Crippen LogP contribution < -0.4 is 16.4 Å². The molecule has 2 rings (SSSR count). The monoisotopic (exact) mass is 319 g/mol. The second-order valence-electron chi connectivity index (χ2n) is 4.48. The van der Waals surface area contributed by atoms with Crippen LogP contribution >= 0.6 is 11.6 Å². The highest BCUT2D eigenvalue weighted by molar-refractivity contribution is 6.36. The maximum Gasteiger partial charge on any atom is 0.276 e. The van der Waals surface area contributed by atoms with Crippen LogP contribution in [0.4, 0.5) is 11.5 Å². The zero-order chi connectivity index (χ0) is 16.3. The molecule has 0 radical (unpaired) electrons. The van der Waals surface area contributed by atoms with Crippen LogP contribution in [-0.2, 0) is 0 Å². The Labute approximate surface area is 131 Å². The highest BCUT2D eigenvalue weighted by Gasteiger charge is 2.16. The molecule has 0 bridgehead atoms. The zero-order valence-corrected chi connectivity index (χ0v) is 12.7. The third kappa shape index (κ3) is 3.15. The average Bonchev–Trinajstić information content (AvgIpc) is 2.51. The second-order valence-corrected chi connectivity index (χ2v) is 4.86. The molecule has 1 heterocycles. The van der Waals surface area contributed by atoms with Crippen LogP contribution in [0.2, 0.25) is 5.02 Å². The van der Waals surface area contributed by atoms with E-state index in [2.05, 4.69) is 20.6 Å². The van der Waals surface area contributed by atoms with E-state index in [-0.39, 0.29) is 22.4 Å². The van der Waals surface area contributed by atoms with E-state index in [9.17, 15) is 9.59 Å². The lowest BCUT2D eigenvalue weighted by Gasteiger charge is -2.11. The fourth-order valence-corrected chi connectivity index (χ4v) is 1.95. The normalized spacial score (nSPS) is 10.1. The van der Waals surface area contributed by atoms with Crippen molar-refractivity contribution in [3.8, 4) is 0 Å². The summed E-state index contributed by atoms with van der Waals surface area (Å²) in [4.78, 5) is 31.4. The Hall–Kier alpha value is -2.67. The summed E-state index contributed by atoms with van der Waals surface area (Å²) in [5, 5.41) is 5.17. The number of carbonyl (C=O) groups is 2. The molecule has 0 saturated carbocycles. The molecule has 0 spiro atoms. The summed E-state index contributed by atoms with van der Waals surface area (Å²) in [7, 11) is 1.53. The van der Waals surface area contributed by atoms with Crippen LogP contribution in [-0.4, -0.2) is 28.8 Å². The van der Waals surface area contributed by atoms with Gasteiger partial charge in [-0.2, -0.15) is 0 Å². The van der Waals surface area contributed by atoms with E-state index >= 15 is 0 Å². The SMILES string of the molecule is CNC(=O)c1ccc(C)c(NC(=O)c2ncnc(N)c2Cl)c1. The molecule has 0 aliphatic carbocycles. The zero-order valence-electron chi connectivity index (χ0n) is 12.0. The lowest BCUT2D eigenvalue weighted by molar-refractivity contribution is 0.0961. The van der Waals surface area contributed by atoms with E-state index in [4.69, 9.17) is 17.3 Å². The molecule has 0 unspecified atom stereocenters. The number of nitrogens with zero attached hydrogens (tertiary/aromatic N) is 2. The molecule has 0 saturated heterocycles. The summed E-state index contributed by atoms with van der Waals surface area (Å²) in [6.45, 7) is 1.80. The van der Waals surface area contributed by atoms with Gasteiger partial charge in [-0.3, -0.25) is 9.59 Å². The van der Waals surface area contributed by atoms with Gasteiger partial charge in [0, 0.05) is 18.3 Å². The minimum absolute atomic E-state index is 0.0138. The maximum atomic E-state index is 12.2. The molecule has 0 atom stereocenters. The van der Waals surface area contributed by atoms with Crippen LogP contribution in [0.25, 0.3) is 0 Å². The van der Waals surface area contributed by atoms with Crippen LogP contribution in [0, 0.1) is 6.92 Å². The number of amides is 2. The van der Waals surface area contributed by atoms with Gasteiger partial charge in [0.25, 0.3) is 11.8 Å². The fraction of sp³-hybridized carbons (Fsp3) is 0.143. The fourth-order valence-electron chi connectivity index (χ4n) is 1.77. The summed E-state index contributed by atoms with van der Waals surface area (Å²) in [5.74, 6) is -0.756. The number of halogens is 1. The molecule has 2 aromatic rings. The van der Waals surface area contributed by atoms with Crippen LogP contribution in [0.15, 0.2) is 24.5 Å². The first-order valence-corrected chi connectivity index (χ1v) is 6.72. The first kappa shape index (κ1) is 15.7. The van der Waals surface area contributed by atoms with Crippen molar-refractivity contribution in [2.45, 2.75) is 6.92 Å². The molecular formula is C14H14ClN5O2. The Bertz CT molecular complexity index is 748. The number of carbonyl (C=O) groups excluding carboxylic acids is 2. The van der Waals surface area contributed by atoms with Crippen molar-refractivity contribution in [1.29, 1.82) is 0 Å². The van der Waals surface area contributed by atoms with Crippen LogP contribution in [0.5, 0.6) is 0 Å². The molecule has 22 heavy (non-hydrogen) atoms. The molecule has 114 valence electrons.